The maximum absolute atomic E-state index is 14.8. The highest BCUT2D eigenvalue weighted by Crippen LogP contribution is 2.27. The molecule has 1 aliphatic rings. The number of hydrogen-bond acceptors (Lipinski definition) is 4. The van der Waals surface area contributed by atoms with Crippen molar-refractivity contribution in [1.29, 1.82) is 0 Å². The van der Waals surface area contributed by atoms with Crippen molar-refractivity contribution in [2.45, 2.75) is 13.0 Å². The van der Waals surface area contributed by atoms with Gasteiger partial charge in [0.2, 0.25) is 5.91 Å². The van der Waals surface area contributed by atoms with E-state index < -0.39 is 18.0 Å². The number of cyclic esters (lactones) is 1. The van der Waals surface area contributed by atoms with E-state index in [1.54, 1.807) is 18.3 Å². The van der Waals surface area contributed by atoms with Gasteiger partial charge in [-0.25, -0.2) is 13.9 Å². The number of anilines is 1. The van der Waals surface area contributed by atoms with Crippen LogP contribution < -0.4 is 10.2 Å². The Morgan fingerprint density at radius 3 is 2.93 bits per heavy atom. The number of aromatic nitrogens is 2. The number of fused-ring (bicyclic) bond motifs is 1. The first kappa shape index (κ1) is 17.0. The summed E-state index contributed by atoms with van der Waals surface area (Å²) in [4.78, 5) is 24.4. The number of benzene rings is 2. The normalized spacial score (nSPS) is 16.6. The molecule has 27 heavy (non-hydrogen) atoms. The molecule has 0 aliphatic carbocycles. The van der Waals surface area contributed by atoms with Gasteiger partial charge >= 0.3 is 6.09 Å². The Bertz CT molecular complexity index is 1030. The van der Waals surface area contributed by atoms with Crippen LogP contribution in [0.25, 0.3) is 16.6 Å². The van der Waals surface area contributed by atoms with E-state index in [4.69, 9.17) is 4.74 Å². The highest BCUT2D eigenvalue weighted by molar-refractivity contribution is 5.90. The highest BCUT2D eigenvalue weighted by Gasteiger charge is 2.32. The summed E-state index contributed by atoms with van der Waals surface area (Å²) in [5, 5.41) is 7.77. The summed E-state index contributed by atoms with van der Waals surface area (Å²) in [6.07, 6.45) is 0.633. The van der Waals surface area contributed by atoms with Crippen LogP contribution in [0.4, 0.5) is 14.9 Å². The average molecular weight is 368 g/mol. The first-order valence-electron chi connectivity index (χ1n) is 8.48. The molecule has 1 fully saturated rings. The van der Waals surface area contributed by atoms with Crippen LogP contribution in [-0.4, -0.2) is 41.0 Å². The summed E-state index contributed by atoms with van der Waals surface area (Å²) in [6.45, 7) is 1.85. The molecule has 8 heteroatoms. The molecule has 0 bridgehead atoms. The molecule has 1 N–H and O–H groups in total. The minimum Gasteiger partial charge on any atom is -0.442 e. The molecule has 0 saturated carbocycles. The van der Waals surface area contributed by atoms with Gasteiger partial charge in [0.25, 0.3) is 0 Å². The van der Waals surface area contributed by atoms with E-state index in [9.17, 15) is 14.0 Å². The third-order valence-corrected chi connectivity index (χ3v) is 4.40. The Morgan fingerprint density at radius 2 is 2.15 bits per heavy atom. The Balaban J connectivity index is 1.59. The quantitative estimate of drug-likeness (QED) is 0.768. The van der Waals surface area contributed by atoms with Gasteiger partial charge in [-0.1, -0.05) is 18.2 Å². The molecular formula is C19H17FN4O3. The van der Waals surface area contributed by atoms with Crippen molar-refractivity contribution in [3.05, 3.63) is 54.5 Å². The van der Waals surface area contributed by atoms with E-state index in [0.29, 0.717) is 11.4 Å². The Hall–Kier alpha value is -3.42. The standard InChI is InChI=1S/C19H17FN4O3/c1-12(25)21-10-15-11-23(19(26)27-15)14-6-7-18(16(20)8-14)24-17-5-3-2-4-13(17)9-22-24/h2-9,15H,10-11H2,1H3,(H,21,25)/t15-/m0/s1. The minimum absolute atomic E-state index is 0.202. The van der Waals surface area contributed by atoms with Crippen molar-refractivity contribution < 1.29 is 18.7 Å². The molecule has 4 rings (SSSR count). The Labute approximate surface area is 154 Å². The lowest BCUT2D eigenvalue weighted by molar-refractivity contribution is -0.119. The average Bonchev–Trinajstić information content (AvgIpc) is 3.23. The van der Waals surface area contributed by atoms with Gasteiger partial charge in [-0.15, -0.1) is 0 Å². The highest BCUT2D eigenvalue weighted by atomic mass is 19.1. The number of carbonyl (C=O) groups excluding carboxylic acids is 2. The number of para-hydroxylation sites is 1. The monoisotopic (exact) mass is 368 g/mol. The predicted octanol–water partition coefficient (Wildman–Crippen LogP) is 2.63. The van der Waals surface area contributed by atoms with Gasteiger partial charge in [0.05, 0.1) is 30.5 Å². The molecule has 1 atom stereocenters. The second-order valence-corrected chi connectivity index (χ2v) is 6.30. The molecule has 2 aromatic carbocycles. The van der Waals surface area contributed by atoms with E-state index in [-0.39, 0.29) is 19.0 Å². The first-order valence-corrected chi connectivity index (χ1v) is 8.48. The summed E-state index contributed by atoms with van der Waals surface area (Å²) in [5.74, 6) is -0.703. The Morgan fingerprint density at radius 1 is 1.33 bits per heavy atom. The van der Waals surface area contributed by atoms with Gasteiger partial charge in [-0.3, -0.25) is 9.69 Å². The number of halogens is 1. The smallest absolute Gasteiger partial charge is 0.414 e. The zero-order valence-corrected chi connectivity index (χ0v) is 14.6. The van der Waals surface area contributed by atoms with Crippen LogP contribution in [0.2, 0.25) is 0 Å². The molecule has 0 spiro atoms. The topological polar surface area (TPSA) is 76.5 Å². The molecule has 1 saturated heterocycles. The third-order valence-electron chi connectivity index (χ3n) is 4.40. The van der Waals surface area contributed by atoms with Crippen LogP contribution >= 0.6 is 0 Å². The Kier molecular flexibility index (Phi) is 4.23. The summed E-state index contributed by atoms with van der Waals surface area (Å²) in [5.41, 5.74) is 1.48. The van der Waals surface area contributed by atoms with Gasteiger partial charge in [0.1, 0.15) is 11.8 Å². The maximum atomic E-state index is 14.8. The van der Waals surface area contributed by atoms with E-state index in [1.165, 1.54) is 22.6 Å². The van der Waals surface area contributed by atoms with E-state index in [1.807, 2.05) is 24.3 Å². The fraction of sp³-hybridized carbons (Fsp3) is 0.211. The molecule has 0 unspecified atom stereocenters. The van der Waals surface area contributed by atoms with Gasteiger partial charge in [0.15, 0.2) is 5.82 Å². The van der Waals surface area contributed by atoms with E-state index in [0.717, 1.165) is 10.9 Å². The zero-order valence-electron chi connectivity index (χ0n) is 14.6. The van der Waals surface area contributed by atoms with Crippen molar-refractivity contribution in [1.82, 2.24) is 15.1 Å². The second-order valence-electron chi connectivity index (χ2n) is 6.30. The number of hydrogen-bond donors (Lipinski definition) is 1. The summed E-state index contributed by atoms with van der Waals surface area (Å²) in [6, 6.07) is 12.0. The van der Waals surface area contributed by atoms with Crippen molar-refractivity contribution in [3.8, 4) is 5.69 Å². The van der Waals surface area contributed by atoms with Crippen LogP contribution in [0, 0.1) is 5.82 Å². The van der Waals surface area contributed by atoms with Crippen molar-refractivity contribution >= 4 is 28.6 Å². The van der Waals surface area contributed by atoms with Crippen LogP contribution in [0.5, 0.6) is 0 Å². The molecule has 3 aromatic rings. The van der Waals surface area contributed by atoms with E-state index in [2.05, 4.69) is 10.4 Å². The number of carbonyl (C=O) groups is 2. The molecular weight excluding hydrogens is 351 g/mol. The summed E-state index contributed by atoms with van der Waals surface area (Å²) >= 11 is 0. The molecule has 138 valence electrons. The van der Waals surface area contributed by atoms with Crippen molar-refractivity contribution in [3.63, 3.8) is 0 Å². The van der Waals surface area contributed by atoms with Crippen LogP contribution in [0.15, 0.2) is 48.7 Å². The molecule has 1 aromatic heterocycles. The fourth-order valence-electron chi connectivity index (χ4n) is 3.10. The predicted molar refractivity (Wildman–Crippen MR) is 97.3 cm³/mol. The lowest BCUT2D eigenvalue weighted by Gasteiger charge is -2.14. The number of nitrogens with zero attached hydrogens (tertiary/aromatic N) is 3. The molecule has 2 amide bonds. The third kappa shape index (κ3) is 3.21. The van der Waals surface area contributed by atoms with Gasteiger partial charge in [-0.2, -0.15) is 5.10 Å². The van der Waals surface area contributed by atoms with Crippen molar-refractivity contribution in [2.75, 3.05) is 18.0 Å². The zero-order chi connectivity index (χ0) is 19.0. The van der Waals surface area contributed by atoms with Crippen LogP contribution in [0.1, 0.15) is 6.92 Å². The molecule has 1 aliphatic heterocycles. The minimum atomic E-state index is -0.568. The van der Waals surface area contributed by atoms with Crippen LogP contribution in [0.3, 0.4) is 0 Å². The van der Waals surface area contributed by atoms with Gasteiger partial charge < -0.3 is 10.1 Å². The van der Waals surface area contributed by atoms with Gasteiger partial charge in [-0.05, 0) is 24.3 Å². The number of ether oxygens (including phenoxy) is 1. The number of rotatable bonds is 4. The largest absolute Gasteiger partial charge is 0.442 e. The van der Waals surface area contributed by atoms with Crippen molar-refractivity contribution in [2.24, 2.45) is 0 Å². The summed E-state index contributed by atoms with van der Waals surface area (Å²) in [7, 11) is 0. The summed E-state index contributed by atoms with van der Waals surface area (Å²) < 4.78 is 21.5. The first-order chi connectivity index (χ1) is 13.0. The molecule has 2 heterocycles. The lowest BCUT2D eigenvalue weighted by atomic mass is 10.2. The lowest BCUT2D eigenvalue weighted by Crippen LogP contribution is -2.33. The number of amides is 2. The van der Waals surface area contributed by atoms with Crippen LogP contribution in [-0.2, 0) is 9.53 Å². The molecule has 7 nitrogen and oxygen atoms in total. The number of nitrogens with one attached hydrogen (secondary N) is 1. The molecule has 0 radical (unpaired) electrons. The fourth-order valence-corrected chi connectivity index (χ4v) is 3.10. The van der Waals surface area contributed by atoms with Gasteiger partial charge in [0, 0.05) is 12.3 Å². The SMILES string of the molecule is CC(=O)NC[C@H]1CN(c2ccc(-n3ncc4ccccc43)c(F)c2)C(=O)O1. The maximum Gasteiger partial charge on any atom is 0.414 e. The van der Waals surface area contributed by atoms with E-state index >= 15 is 0 Å². The second kappa shape index (κ2) is 6.71.